The molecule has 8 heteroatoms. The molecule has 1 aromatic carbocycles. The second-order valence-corrected chi connectivity index (χ2v) is 8.55. The maximum absolute atomic E-state index is 12.8. The highest BCUT2D eigenvalue weighted by Gasteiger charge is 2.31. The van der Waals surface area contributed by atoms with E-state index in [2.05, 4.69) is 17.2 Å². The number of imidazole rings is 1. The Morgan fingerprint density at radius 2 is 1.76 bits per heavy atom. The number of aryl methyl sites for hydroxylation is 1. The van der Waals surface area contributed by atoms with Crippen LogP contribution in [0.1, 0.15) is 82.2 Å². The number of carbonyl (C=O) groups excluding carboxylic acids is 2. The number of rotatable bonds is 10. The first-order valence-corrected chi connectivity index (χ1v) is 11.6. The number of hydrogen-bond donors (Lipinski definition) is 2. The van der Waals surface area contributed by atoms with Gasteiger partial charge in [0, 0.05) is 31.9 Å². The van der Waals surface area contributed by atoms with E-state index >= 15 is 0 Å². The number of benzene rings is 1. The fraction of sp³-hybridized carbons (Fsp3) is 0.520. The Morgan fingerprint density at radius 1 is 1.06 bits per heavy atom. The van der Waals surface area contributed by atoms with E-state index in [-0.39, 0.29) is 24.4 Å². The Hall–Kier alpha value is -3.34. The molecule has 0 aliphatic carbocycles. The van der Waals surface area contributed by atoms with Crippen molar-refractivity contribution in [2.45, 2.75) is 76.7 Å². The number of carbonyl (C=O) groups is 3. The molecule has 33 heavy (non-hydrogen) atoms. The lowest BCUT2D eigenvalue weighted by Crippen LogP contribution is -2.44. The number of carboxylic acids is 1. The van der Waals surface area contributed by atoms with Crippen molar-refractivity contribution in [3.63, 3.8) is 0 Å². The summed E-state index contributed by atoms with van der Waals surface area (Å²) in [5.41, 5.74) is 1.90. The average Bonchev–Trinajstić information content (AvgIpc) is 3.02. The van der Waals surface area contributed by atoms with Gasteiger partial charge in [0.15, 0.2) is 0 Å². The molecule has 1 fully saturated rings. The van der Waals surface area contributed by atoms with E-state index < -0.39 is 17.9 Å². The molecule has 176 valence electrons. The minimum absolute atomic E-state index is 0.216. The van der Waals surface area contributed by atoms with Crippen molar-refractivity contribution in [2.24, 2.45) is 7.05 Å². The maximum atomic E-state index is 12.8. The smallest absolute Gasteiger partial charge is 0.329 e. The fourth-order valence-corrected chi connectivity index (χ4v) is 4.21. The number of amides is 2. The van der Waals surface area contributed by atoms with Crippen LogP contribution in [-0.2, 0) is 21.4 Å². The second kappa shape index (κ2) is 11.5. The minimum atomic E-state index is -0.721. The van der Waals surface area contributed by atoms with Gasteiger partial charge in [-0.05, 0) is 37.5 Å². The van der Waals surface area contributed by atoms with Gasteiger partial charge in [0.1, 0.15) is 6.04 Å². The molecule has 2 N–H and O–H groups in total. The molecule has 2 amide bonds. The third-order valence-electron chi connectivity index (χ3n) is 6.04. The first kappa shape index (κ1) is 24.3. The summed E-state index contributed by atoms with van der Waals surface area (Å²) in [6.45, 7) is 0. The molecular weight excluding hydrogens is 422 g/mol. The van der Waals surface area contributed by atoms with Crippen LogP contribution >= 0.6 is 0 Å². The van der Waals surface area contributed by atoms with Crippen LogP contribution < -0.4 is 11.0 Å². The Kier molecular flexibility index (Phi) is 8.47. The molecule has 3 rings (SSSR count). The summed E-state index contributed by atoms with van der Waals surface area (Å²) in [6, 6.07) is 4.85. The van der Waals surface area contributed by atoms with Gasteiger partial charge in [-0.2, -0.15) is 0 Å². The molecule has 0 bridgehead atoms. The lowest BCUT2D eigenvalue weighted by Gasteiger charge is -2.21. The Morgan fingerprint density at radius 3 is 2.45 bits per heavy atom. The van der Waals surface area contributed by atoms with Crippen LogP contribution in [0.3, 0.4) is 0 Å². The highest BCUT2D eigenvalue weighted by Crippen LogP contribution is 2.23. The predicted molar refractivity (Wildman–Crippen MR) is 125 cm³/mol. The van der Waals surface area contributed by atoms with E-state index in [1.807, 2.05) is 18.2 Å². The van der Waals surface area contributed by atoms with E-state index in [0.29, 0.717) is 17.5 Å². The Bertz CT molecular complexity index is 1150. The van der Waals surface area contributed by atoms with Crippen molar-refractivity contribution in [1.29, 1.82) is 0 Å². The molecule has 8 nitrogen and oxygen atoms in total. The van der Waals surface area contributed by atoms with Gasteiger partial charge in [0.25, 0.3) is 0 Å². The molecule has 2 aromatic rings. The molecule has 0 spiro atoms. The van der Waals surface area contributed by atoms with Crippen LogP contribution in [0.2, 0.25) is 0 Å². The zero-order chi connectivity index (χ0) is 23.8. The fourth-order valence-electron chi connectivity index (χ4n) is 4.21. The van der Waals surface area contributed by atoms with Crippen LogP contribution in [0.25, 0.3) is 11.0 Å². The van der Waals surface area contributed by atoms with Gasteiger partial charge in [-0.25, -0.2) is 4.79 Å². The summed E-state index contributed by atoms with van der Waals surface area (Å²) >= 11 is 0. The van der Waals surface area contributed by atoms with Gasteiger partial charge >= 0.3 is 11.7 Å². The van der Waals surface area contributed by atoms with Gasteiger partial charge in [-0.1, -0.05) is 43.9 Å². The van der Waals surface area contributed by atoms with Crippen LogP contribution in [0.4, 0.5) is 0 Å². The van der Waals surface area contributed by atoms with E-state index in [1.165, 1.54) is 9.13 Å². The largest absolute Gasteiger partial charge is 0.481 e. The SMILES string of the molecule is Cn1c(=O)n(C2CCC(=O)NC2=O)c2ccc(C#CCCCCCCCCCC(=O)O)cc21. The standard InChI is InChI=1S/C25H31N3O5/c1-27-21-17-18(11-9-7-5-3-2-4-6-8-10-12-23(30)31)13-14-19(21)28(25(27)33)20-15-16-22(29)26-24(20)32/h13-14,17,20H,2-8,10,12,15-16H2,1H3,(H,30,31)(H,26,29,32). The van der Waals surface area contributed by atoms with E-state index in [9.17, 15) is 19.2 Å². The summed E-state index contributed by atoms with van der Waals surface area (Å²) < 4.78 is 2.98. The van der Waals surface area contributed by atoms with Crippen molar-refractivity contribution in [1.82, 2.24) is 14.5 Å². The zero-order valence-corrected chi connectivity index (χ0v) is 19.1. The zero-order valence-electron chi connectivity index (χ0n) is 19.1. The number of unbranched alkanes of at least 4 members (excludes halogenated alkanes) is 7. The summed E-state index contributed by atoms with van der Waals surface area (Å²) in [6.07, 6.45) is 8.79. The minimum Gasteiger partial charge on any atom is -0.481 e. The molecule has 1 aliphatic rings. The number of hydrogen-bond acceptors (Lipinski definition) is 4. The first-order valence-electron chi connectivity index (χ1n) is 11.6. The van der Waals surface area contributed by atoms with Crippen molar-refractivity contribution >= 4 is 28.8 Å². The Balaban J connectivity index is 1.53. The maximum Gasteiger partial charge on any atom is 0.329 e. The average molecular weight is 454 g/mol. The highest BCUT2D eigenvalue weighted by atomic mass is 16.4. The number of imide groups is 1. The van der Waals surface area contributed by atoms with Crippen molar-refractivity contribution in [2.75, 3.05) is 0 Å². The Labute approximate surface area is 193 Å². The molecule has 1 unspecified atom stereocenters. The van der Waals surface area contributed by atoms with Gasteiger partial charge in [0.05, 0.1) is 11.0 Å². The molecule has 2 heterocycles. The summed E-state index contributed by atoms with van der Waals surface area (Å²) in [7, 11) is 1.67. The van der Waals surface area contributed by atoms with Crippen molar-refractivity contribution < 1.29 is 19.5 Å². The van der Waals surface area contributed by atoms with E-state index in [4.69, 9.17) is 5.11 Å². The normalized spacial score (nSPS) is 15.8. The number of nitrogens with zero attached hydrogens (tertiary/aromatic N) is 2. The van der Waals surface area contributed by atoms with E-state index in [0.717, 1.165) is 56.9 Å². The summed E-state index contributed by atoms with van der Waals surface area (Å²) in [4.78, 5) is 47.0. The molecule has 1 aliphatic heterocycles. The molecule has 1 aromatic heterocycles. The third kappa shape index (κ3) is 6.35. The molecule has 0 radical (unpaired) electrons. The van der Waals surface area contributed by atoms with Crippen LogP contribution in [0, 0.1) is 11.8 Å². The van der Waals surface area contributed by atoms with Crippen LogP contribution in [0.5, 0.6) is 0 Å². The molecule has 0 saturated carbocycles. The first-order chi connectivity index (χ1) is 15.9. The molecular formula is C25H31N3O5. The topological polar surface area (TPSA) is 110 Å². The van der Waals surface area contributed by atoms with Crippen molar-refractivity contribution in [3.8, 4) is 11.8 Å². The summed E-state index contributed by atoms with van der Waals surface area (Å²) in [5, 5.41) is 10.9. The number of aliphatic carboxylic acids is 1. The number of piperidine rings is 1. The highest BCUT2D eigenvalue weighted by molar-refractivity contribution is 6.00. The molecule has 1 atom stereocenters. The number of fused-ring (bicyclic) bond motifs is 1. The van der Waals surface area contributed by atoms with Gasteiger partial charge in [-0.3, -0.25) is 28.8 Å². The predicted octanol–water partition coefficient (Wildman–Crippen LogP) is 3.26. The van der Waals surface area contributed by atoms with Crippen molar-refractivity contribution in [3.05, 3.63) is 34.2 Å². The number of carboxylic acid groups (broad SMARTS) is 1. The van der Waals surface area contributed by atoms with Crippen LogP contribution in [-0.4, -0.2) is 32.0 Å². The van der Waals surface area contributed by atoms with Gasteiger partial charge < -0.3 is 5.11 Å². The quantitative estimate of drug-likeness (QED) is 0.326. The monoisotopic (exact) mass is 453 g/mol. The third-order valence-corrected chi connectivity index (χ3v) is 6.04. The lowest BCUT2D eigenvalue weighted by atomic mass is 10.1. The number of aromatic nitrogens is 2. The number of nitrogens with one attached hydrogen (secondary N) is 1. The van der Waals surface area contributed by atoms with E-state index in [1.54, 1.807) is 7.05 Å². The van der Waals surface area contributed by atoms with Gasteiger partial charge in [-0.15, -0.1) is 0 Å². The molecule has 1 saturated heterocycles. The summed E-state index contributed by atoms with van der Waals surface area (Å²) in [5.74, 6) is 4.89. The second-order valence-electron chi connectivity index (χ2n) is 8.55. The van der Waals surface area contributed by atoms with Crippen LogP contribution in [0.15, 0.2) is 23.0 Å². The lowest BCUT2D eigenvalue weighted by molar-refractivity contribution is -0.137. The van der Waals surface area contributed by atoms with Gasteiger partial charge in [0.2, 0.25) is 11.8 Å².